The van der Waals surface area contributed by atoms with Crippen LogP contribution in [0.4, 0.5) is 0 Å². The van der Waals surface area contributed by atoms with Crippen molar-refractivity contribution in [1.82, 2.24) is 10.2 Å². The molecular formula is C19H34N2O4. The highest BCUT2D eigenvalue weighted by Crippen LogP contribution is 2.29. The van der Waals surface area contributed by atoms with E-state index in [-0.39, 0.29) is 17.4 Å². The van der Waals surface area contributed by atoms with Gasteiger partial charge < -0.3 is 19.7 Å². The first-order chi connectivity index (χ1) is 11.8. The van der Waals surface area contributed by atoms with E-state index in [4.69, 9.17) is 9.47 Å². The molecule has 6 heteroatoms. The molecule has 2 saturated heterocycles. The summed E-state index contributed by atoms with van der Waals surface area (Å²) in [5.74, 6) is -1.14. The highest BCUT2D eigenvalue weighted by atomic mass is 16.6. The third-order valence-corrected chi connectivity index (χ3v) is 5.86. The van der Waals surface area contributed by atoms with E-state index in [2.05, 4.69) is 24.2 Å². The highest BCUT2D eigenvalue weighted by Gasteiger charge is 2.39. The Labute approximate surface area is 151 Å². The first kappa shape index (κ1) is 20.3. The van der Waals surface area contributed by atoms with Crippen LogP contribution < -0.4 is 5.32 Å². The first-order valence-electron chi connectivity index (χ1n) is 9.49. The van der Waals surface area contributed by atoms with E-state index in [0.717, 1.165) is 45.3 Å². The summed E-state index contributed by atoms with van der Waals surface area (Å²) >= 11 is 0. The van der Waals surface area contributed by atoms with Crippen molar-refractivity contribution in [3.05, 3.63) is 0 Å². The number of nitrogens with zero attached hydrogens (tertiary/aromatic N) is 1. The Morgan fingerprint density at radius 1 is 1.20 bits per heavy atom. The van der Waals surface area contributed by atoms with Gasteiger partial charge in [-0.15, -0.1) is 0 Å². The van der Waals surface area contributed by atoms with Crippen molar-refractivity contribution in [2.75, 3.05) is 40.3 Å². The van der Waals surface area contributed by atoms with E-state index in [1.165, 1.54) is 0 Å². The number of methoxy groups -OCH3 is 1. The van der Waals surface area contributed by atoms with Crippen LogP contribution in [0.25, 0.3) is 0 Å². The summed E-state index contributed by atoms with van der Waals surface area (Å²) in [6, 6.07) is 0. The van der Waals surface area contributed by atoms with Crippen molar-refractivity contribution in [3.8, 4) is 0 Å². The number of esters is 1. The smallest absolute Gasteiger partial charge is 0.316 e. The molecule has 0 aromatic heterocycles. The molecule has 2 aliphatic rings. The highest BCUT2D eigenvalue weighted by molar-refractivity contribution is 5.98. The normalized spacial score (nSPS) is 33.2. The zero-order valence-corrected chi connectivity index (χ0v) is 16.2. The lowest BCUT2D eigenvalue weighted by atomic mass is 9.90. The van der Waals surface area contributed by atoms with E-state index >= 15 is 0 Å². The van der Waals surface area contributed by atoms with Gasteiger partial charge in [-0.1, -0.05) is 0 Å². The Morgan fingerprint density at radius 2 is 1.88 bits per heavy atom. The minimum Gasteiger partial charge on any atom is -0.457 e. The molecule has 2 heterocycles. The van der Waals surface area contributed by atoms with Crippen LogP contribution in [0.2, 0.25) is 0 Å². The van der Waals surface area contributed by atoms with Crippen molar-refractivity contribution in [3.63, 3.8) is 0 Å². The summed E-state index contributed by atoms with van der Waals surface area (Å²) in [5, 5.41) is 3.33. The van der Waals surface area contributed by atoms with Gasteiger partial charge in [0.15, 0.2) is 0 Å². The zero-order chi connectivity index (χ0) is 18.5. The molecule has 2 rings (SSSR count). The van der Waals surface area contributed by atoms with Crippen LogP contribution in [0.1, 0.15) is 52.4 Å². The van der Waals surface area contributed by atoms with Gasteiger partial charge in [0.05, 0.1) is 5.60 Å². The quantitative estimate of drug-likeness (QED) is 0.572. The van der Waals surface area contributed by atoms with Gasteiger partial charge in [0, 0.05) is 32.9 Å². The molecule has 1 spiro atoms. The summed E-state index contributed by atoms with van der Waals surface area (Å²) in [4.78, 5) is 27.4. The summed E-state index contributed by atoms with van der Waals surface area (Å²) < 4.78 is 11.6. The van der Waals surface area contributed by atoms with Crippen LogP contribution in [-0.2, 0) is 19.1 Å². The van der Waals surface area contributed by atoms with Crippen LogP contribution in [0, 0.1) is 5.92 Å². The maximum Gasteiger partial charge on any atom is 0.316 e. The third kappa shape index (κ3) is 5.50. The lowest BCUT2D eigenvalue weighted by Gasteiger charge is -2.40. The van der Waals surface area contributed by atoms with Gasteiger partial charge in [-0.2, -0.15) is 0 Å². The van der Waals surface area contributed by atoms with Gasteiger partial charge in [0.2, 0.25) is 0 Å². The topological polar surface area (TPSA) is 67.9 Å². The number of carbonyl (C=O) groups excluding carboxylic acids is 2. The largest absolute Gasteiger partial charge is 0.457 e. The summed E-state index contributed by atoms with van der Waals surface area (Å²) in [7, 11) is 3.78. The number of ether oxygens (including phenoxy) is 2. The van der Waals surface area contributed by atoms with Gasteiger partial charge >= 0.3 is 5.97 Å². The monoisotopic (exact) mass is 354 g/mol. The SMILES string of the molecule is CO[C@]1(C)CCCN(C)CC2(CCNCC2)OC(=O)C(C)C(=O)CC1. The van der Waals surface area contributed by atoms with Gasteiger partial charge in [-0.25, -0.2) is 0 Å². The van der Waals surface area contributed by atoms with Gasteiger partial charge in [0.1, 0.15) is 17.3 Å². The molecule has 0 radical (unpaired) electrons. The average Bonchev–Trinajstić information content (AvgIpc) is 2.59. The molecule has 1 N–H and O–H groups in total. The molecule has 2 atom stereocenters. The number of hydrogen-bond donors (Lipinski definition) is 1. The molecule has 25 heavy (non-hydrogen) atoms. The Morgan fingerprint density at radius 3 is 2.52 bits per heavy atom. The molecule has 6 nitrogen and oxygen atoms in total. The number of carbonyl (C=O) groups is 2. The van der Waals surface area contributed by atoms with Gasteiger partial charge in [0.25, 0.3) is 0 Å². The second-order valence-electron chi connectivity index (χ2n) is 8.04. The molecular weight excluding hydrogens is 320 g/mol. The Hall–Kier alpha value is -0.980. The van der Waals surface area contributed by atoms with Crippen LogP contribution in [-0.4, -0.2) is 68.2 Å². The predicted octanol–water partition coefficient (Wildman–Crippen LogP) is 1.77. The molecule has 0 bridgehead atoms. The average molecular weight is 354 g/mol. The van der Waals surface area contributed by atoms with E-state index in [0.29, 0.717) is 19.4 Å². The fourth-order valence-electron chi connectivity index (χ4n) is 3.84. The van der Waals surface area contributed by atoms with Gasteiger partial charge in [-0.3, -0.25) is 9.59 Å². The van der Waals surface area contributed by atoms with Crippen molar-refractivity contribution in [1.29, 1.82) is 0 Å². The molecule has 0 amide bonds. The minimum atomic E-state index is -0.709. The molecule has 2 aliphatic heterocycles. The number of hydrogen-bond acceptors (Lipinski definition) is 6. The second-order valence-corrected chi connectivity index (χ2v) is 8.04. The van der Waals surface area contributed by atoms with Crippen LogP contribution >= 0.6 is 0 Å². The number of likely N-dealkylation sites (N-methyl/N-ethyl adjacent to an activating group) is 1. The first-order valence-corrected chi connectivity index (χ1v) is 9.49. The molecule has 2 fully saturated rings. The fourth-order valence-corrected chi connectivity index (χ4v) is 3.84. The van der Waals surface area contributed by atoms with Crippen molar-refractivity contribution in [2.45, 2.75) is 63.6 Å². The van der Waals surface area contributed by atoms with Crippen molar-refractivity contribution in [2.24, 2.45) is 5.92 Å². The van der Waals surface area contributed by atoms with E-state index < -0.39 is 11.5 Å². The molecule has 144 valence electrons. The Balaban J connectivity index is 2.19. The van der Waals surface area contributed by atoms with Crippen molar-refractivity contribution >= 4 is 11.8 Å². The fraction of sp³-hybridized carbons (Fsp3) is 0.895. The molecule has 0 aromatic carbocycles. The van der Waals surface area contributed by atoms with E-state index in [1.807, 2.05) is 0 Å². The maximum atomic E-state index is 12.6. The molecule has 1 unspecified atom stereocenters. The molecule has 0 saturated carbocycles. The lowest BCUT2D eigenvalue weighted by Crippen LogP contribution is -2.52. The Kier molecular flexibility index (Phi) is 7.00. The number of rotatable bonds is 1. The number of nitrogens with one attached hydrogen (secondary N) is 1. The zero-order valence-electron chi connectivity index (χ0n) is 16.2. The summed E-state index contributed by atoms with van der Waals surface area (Å²) in [5.41, 5.74) is -0.801. The number of piperidine rings is 1. The van der Waals surface area contributed by atoms with E-state index in [9.17, 15) is 9.59 Å². The molecule has 0 aromatic rings. The number of ketones is 1. The Bertz CT molecular complexity index is 476. The van der Waals surface area contributed by atoms with Crippen LogP contribution in [0.3, 0.4) is 0 Å². The van der Waals surface area contributed by atoms with Gasteiger partial charge in [-0.05, 0) is 59.8 Å². The summed E-state index contributed by atoms with van der Waals surface area (Å²) in [6.07, 6.45) is 4.47. The van der Waals surface area contributed by atoms with Crippen LogP contribution in [0.15, 0.2) is 0 Å². The van der Waals surface area contributed by atoms with Crippen LogP contribution in [0.5, 0.6) is 0 Å². The number of Topliss-reactive ketones (excluding diaryl/α,β-unsaturated/α-hetero) is 1. The molecule has 0 aliphatic carbocycles. The summed E-state index contributed by atoms with van der Waals surface area (Å²) in [6.45, 7) is 7.04. The van der Waals surface area contributed by atoms with E-state index in [1.54, 1.807) is 14.0 Å². The standard InChI is InChI=1S/C19H34N2O4/c1-15-16(22)6-8-18(2,24-4)7-5-13-21(3)14-19(25-17(15)23)9-11-20-12-10-19/h15,20H,5-14H2,1-4H3/t15?,18-/m1/s1. The van der Waals surface area contributed by atoms with Crippen molar-refractivity contribution < 1.29 is 19.1 Å². The maximum absolute atomic E-state index is 12.6. The lowest BCUT2D eigenvalue weighted by molar-refractivity contribution is -0.170. The minimum absolute atomic E-state index is 0.0510. The third-order valence-electron chi connectivity index (χ3n) is 5.86. The second kappa shape index (κ2) is 8.60. The predicted molar refractivity (Wildman–Crippen MR) is 96.5 cm³/mol.